The molecule has 4 aromatic rings. The number of aliphatic imine (C=N–C) groups is 1. The topological polar surface area (TPSA) is 38.7 Å². The quantitative estimate of drug-likeness (QED) is 0.364. The number of benzene rings is 4. The van der Waals surface area contributed by atoms with E-state index in [1.54, 1.807) is 11.8 Å². The molecule has 4 aromatic carbocycles. The average molecular weight is 373 g/mol. The Morgan fingerprint density at radius 1 is 1.00 bits per heavy atom. The fraction of sp³-hybridized carbons (Fsp3) is 0.217. The van der Waals surface area contributed by atoms with Gasteiger partial charge in [0.2, 0.25) is 0 Å². The van der Waals surface area contributed by atoms with Gasteiger partial charge in [0.25, 0.3) is 0 Å². The third-order valence-electron chi connectivity index (χ3n) is 5.41. The molecule has 3 nitrogen and oxygen atoms in total. The van der Waals surface area contributed by atoms with Crippen LogP contribution in [-0.4, -0.2) is 29.9 Å². The minimum absolute atomic E-state index is 0.236. The fourth-order valence-electron chi connectivity index (χ4n) is 4.07. The van der Waals surface area contributed by atoms with E-state index in [-0.39, 0.29) is 12.0 Å². The zero-order chi connectivity index (χ0) is 18.4. The Kier molecular flexibility index (Phi) is 4.01. The summed E-state index contributed by atoms with van der Waals surface area (Å²) in [6.45, 7) is 0. The van der Waals surface area contributed by atoms with Crippen LogP contribution in [0.15, 0.2) is 59.6 Å². The molecule has 4 heteroatoms. The Morgan fingerprint density at radius 2 is 1.70 bits per heavy atom. The molecule has 0 saturated carbocycles. The zero-order valence-corrected chi connectivity index (χ0v) is 15.9. The summed E-state index contributed by atoms with van der Waals surface area (Å²) in [5.41, 5.74) is 1.34. The van der Waals surface area contributed by atoms with Gasteiger partial charge in [-0.25, -0.2) is 4.79 Å². The molecule has 1 heterocycles. The van der Waals surface area contributed by atoms with Crippen molar-refractivity contribution in [2.75, 3.05) is 12.9 Å². The Bertz CT molecular complexity index is 1180. The van der Waals surface area contributed by atoms with Gasteiger partial charge in [0.15, 0.2) is 6.04 Å². The molecule has 0 amide bonds. The third kappa shape index (κ3) is 2.76. The first kappa shape index (κ1) is 16.6. The van der Waals surface area contributed by atoms with Gasteiger partial charge in [-0.3, -0.25) is 4.99 Å². The van der Waals surface area contributed by atoms with Gasteiger partial charge in [-0.2, -0.15) is 0 Å². The lowest BCUT2D eigenvalue weighted by atomic mass is 9.91. The lowest BCUT2D eigenvalue weighted by Crippen LogP contribution is -2.19. The van der Waals surface area contributed by atoms with E-state index < -0.39 is 0 Å². The summed E-state index contributed by atoms with van der Waals surface area (Å²) >= 11 is 1.68. The Balaban J connectivity index is 1.52. The first-order valence-corrected chi connectivity index (χ1v) is 10.2. The average Bonchev–Trinajstić information content (AvgIpc) is 3.19. The first-order valence-electron chi connectivity index (χ1n) is 9.17. The summed E-state index contributed by atoms with van der Waals surface area (Å²) in [5, 5.41) is 8.96. The van der Waals surface area contributed by atoms with E-state index >= 15 is 0 Å². The molecule has 5 rings (SSSR count). The number of ether oxygens (including phenoxy) is 1. The van der Waals surface area contributed by atoms with Crippen molar-refractivity contribution in [2.45, 2.75) is 18.9 Å². The molecule has 0 spiro atoms. The van der Waals surface area contributed by atoms with Gasteiger partial charge in [-0.05, 0) is 50.7 Å². The number of carbonyl (C=O) groups is 1. The standard InChI is InChI=1S/C23H19NO2S/c1-26-23(25)19-13-27-20(24-19)12-10-14-5-6-17-8-7-15-3-2-4-16-9-11-18(14)22(17)21(15)16/h2-9,11,19H,10,12-13H2,1H3/t19-/m0/s1. The van der Waals surface area contributed by atoms with Gasteiger partial charge in [-0.1, -0.05) is 54.6 Å². The van der Waals surface area contributed by atoms with Crippen LogP contribution in [0.5, 0.6) is 0 Å². The predicted molar refractivity (Wildman–Crippen MR) is 114 cm³/mol. The molecule has 0 unspecified atom stereocenters. The van der Waals surface area contributed by atoms with E-state index in [1.807, 2.05) is 0 Å². The maximum atomic E-state index is 11.7. The van der Waals surface area contributed by atoms with E-state index in [1.165, 1.54) is 45.0 Å². The van der Waals surface area contributed by atoms with Crippen LogP contribution in [0.3, 0.4) is 0 Å². The van der Waals surface area contributed by atoms with Gasteiger partial charge in [0.05, 0.1) is 12.2 Å². The highest BCUT2D eigenvalue weighted by Crippen LogP contribution is 2.36. The summed E-state index contributed by atoms with van der Waals surface area (Å²) in [6, 6.07) is 19.5. The number of methoxy groups -OCH3 is 1. The van der Waals surface area contributed by atoms with Crippen LogP contribution < -0.4 is 0 Å². The molecule has 1 aliphatic heterocycles. The van der Waals surface area contributed by atoms with Gasteiger partial charge in [-0.15, -0.1) is 11.8 Å². The molecule has 1 atom stereocenters. The highest BCUT2D eigenvalue weighted by Gasteiger charge is 2.25. The zero-order valence-electron chi connectivity index (χ0n) is 15.1. The van der Waals surface area contributed by atoms with Crippen molar-refractivity contribution in [1.29, 1.82) is 0 Å². The van der Waals surface area contributed by atoms with Crippen LogP contribution in [0.25, 0.3) is 32.3 Å². The number of hydrogen-bond donors (Lipinski definition) is 0. The SMILES string of the molecule is COC(=O)[C@@H]1CSC(CCc2ccc3ccc4cccc5ccc2c3c45)=N1. The second-order valence-corrected chi connectivity index (χ2v) is 8.05. The normalized spacial score (nSPS) is 17.1. The molecular formula is C23H19NO2S. The fourth-order valence-corrected chi connectivity index (χ4v) is 5.08. The maximum absolute atomic E-state index is 11.7. The Hall–Kier alpha value is -2.59. The number of hydrogen-bond acceptors (Lipinski definition) is 4. The van der Waals surface area contributed by atoms with Crippen LogP contribution in [0, 0.1) is 0 Å². The molecule has 0 fully saturated rings. The number of rotatable bonds is 4. The van der Waals surface area contributed by atoms with Crippen LogP contribution in [0.1, 0.15) is 12.0 Å². The number of esters is 1. The number of carbonyl (C=O) groups excluding carboxylic acids is 1. The van der Waals surface area contributed by atoms with Crippen molar-refractivity contribution in [3.63, 3.8) is 0 Å². The van der Waals surface area contributed by atoms with Crippen molar-refractivity contribution in [2.24, 2.45) is 4.99 Å². The van der Waals surface area contributed by atoms with Crippen LogP contribution in [0.4, 0.5) is 0 Å². The van der Waals surface area contributed by atoms with Crippen molar-refractivity contribution >= 4 is 55.1 Å². The minimum Gasteiger partial charge on any atom is -0.467 e. The third-order valence-corrected chi connectivity index (χ3v) is 6.53. The first-order chi connectivity index (χ1) is 13.2. The molecule has 0 saturated heterocycles. The van der Waals surface area contributed by atoms with Gasteiger partial charge in [0.1, 0.15) is 0 Å². The Labute approximate surface area is 161 Å². The molecule has 0 aliphatic carbocycles. The second kappa shape index (κ2) is 6.54. The summed E-state index contributed by atoms with van der Waals surface area (Å²) in [6.07, 6.45) is 1.79. The lowest BCUT2D eigenvalue weighted by molar-refractivity contribution is -0.141. The smallest absolute Gasteiger partial charge is 0.331 e. The van der Waals surface area contributed by atoms with Crippen molar-refractivity contribution in [3.8, 4) is 0 Å². The van der Waals surface area contributed by atoms with Crippen molar-refractivity contribution in [1.82, 2.24) is 0 Å². The number of aryl methyl sites for hydroxylation is 1. The summed E-state index contributed by atoms with van der Waals surface area (Å²) in [5.74, 6) is 0.459. The molecule has 0 aromatic heterocycles. The molecule has 0 N–H and O–H groups in total. The van der Waals surface area contributed by atoms with E-state index in [9.17, 15) is 4.79 Å². The number of nitrogens with zero attached hydrogens (tertiary/aromatic N) is 1. The van der Waals surface area contributed by atoms with Crippen LogP contribution >= 0.6 is 11.8 Å². The second-order valence-electron chi connectivity index (χ2n) is 6.95. The van der Waals surface area contributed by atoms with Crippen molar-refractivity contribution in [3.05, 3.63) is 60.2 Å². The number of thioether (sulfide) groups is 1. The summed E-state index contributed by atoms with van der Waals surface area (Å²) in [7, 11) is 1.42. The minimum atomic E-state index is -0.337. The molecule has 27 heavy (non-hydrogen) atoms. The monoisotopic (exact) mass is 373 g/mol. The van der Waals surface area contributed by atoms with Gasteiger partial charge >= 0.3 is 5.97 Å². The summed E-state index contributed by atoms with van der Waals surface area (Å²) < 4.78 is 4.81. The predicted octanol–water partition coefficient (Wildman–Crippen LogP) is 5.20. The van der Waals surface area contributed by atoms with Gasteiger partial charge < -0.3 is 4.74 Å². The van der Waals surface area contributed by atoms with Crippen LogP contribution in [-0.2, 0) is 16.0 Å². The van der Waals surface area contributed by atoms with E-state index in [4.69, 9.17) is 4.74 Å². The lowest BCUT2D eigenvalue weighted by Gasteiger charge is -2.13. The molecule has 0 bridgehead atoms. The highest BCUT2D eigenvalue weighted by atomic mass is 32.2. The molecule has 134 valence electrons. The van der Waals surface area contributed by atoms with E-state index in [0.29, 0.717) is 5.75 Å². The highest BCUT2D eigenvalue weighted by molar-refractivity contribution is 8.14. The van der Waals surface area contributed by atoms with E-state index in [0.717, 1.165) is 17.9 Å². The summed E-state index contributed by atoms with van der Waals surface area (Å²) in [4.78, 5) is 16.2. The Morgan fingerprint density at radius 3 is 2.48 bits per heavy atom. The maximum Gasteiger partial charge on any atom is 0.331 e. The molecular weight excluding hydrogens is 354 g/mol. The van der Waals surface area contributed by atoms with Crippen LogP contribution in [0.2, 0.25) is 0 Å². The molecule has 1 aliphatic rings. The largest absolute Gasteiger partial charge is 0.467 e. The van der Waals surface area contributed by atoms with E-state index in [2.05, 4.69) is 59.6 Å². The van der Waals surface area contributed by atoms with Crippen molar-refractivity contribution < 1.29 is 9.53 Å². The molecule has 0 radical (unpaired) electrons. The van der Waals surface area contributed by atoms with Gasteiger partial charge in [0, 0.05) is 5.75 Å².